The minimum Gasteiger partial charge on any atom is -0.493 e. The minimum absolute atomic E-state index is 0.103. The molecule has 2 unspecified atom stereocenters. The molecule has 3 aromatic rings. The molecule has 218 valence electrons. The van der Waals surface area contributed by atoms with Crippen molar-refractivity contribution in [3.63, 3.8) is 0 Å². The highest BCUT2D eigenvalue weighted by atomic mass is 19.2. The average molecular weight is 581 g/mol. The molecule has 1 aromatic carbocycles. The van der Waals surface area contributed by atoms with Crippen LogP contribution in [-0.2, 0) is 19.7 Å². The summed E-state index contributed by atoms with van der Waals surface area (Å²) in [5, 5.41) is 15.7. The van der Waals surface area contributed by atoms with E-state index in [1.165, 1.54) is 13.1 Å². The topological polar surface area (TPSA) is 158 Å². The van der Waals surface area contributed by atoms with Crippen LogP contribution in [0.1, 0.15) is 59.0 Å². The number of carbonyl (C=O) groups excluding carboxylic acids is 3. The lowest BCUT2D eigenvalue weighted by molar-refractivity contribution is -0.124. The lowest BCUT2D eigenvalue weighted by Crippen LogP contribution is -2.52. The van der Waals surface area contributed by atoms with Crippen molar-refractivity contribution in [2.45, 2.75) is 50.0 Å². The Morgan fingerprint density at radius 3 is 2.57 bits per heavy atom. The molecule has 2 atom stereocenters. The Morgan fingerprint density at radius 2 is 1.86 bits per heavy atom. The standard InChI is InChI=1S/C28H26F2N6O6/c1-13-21(36-42-35-13)24(37)34-22(20-15-9-16(29)17(30)10-19(15)41-12-27(20)2-3-27)25(38)32-14-8-18-23(31-11-14)28(26(39)33-18)4-6-40-7-5-28/h8-11,20,22H,2-7,12H2,1H3,(H,32,38)(H,33,39)(H,34,37). The van der Waals surface area contributed by atoms with Crippen LogP contribution in [0.15, 0.2) is 29.0 Å². The first-order valence-corrected chi connectivity index (χ1v) is 13.6. The van der Waals surface area contributed by atoms with Gasteiger partial charge in [-0.3, -0.25) is 19.4 Å². The van der Waals surface area contributed by atoms with Crippen molar-refractivity contribution in [3.05, 3.63) is 58.7 Å². The molecular formula is C28H26F2N6O6. The number of hydrogen-bond donors (Lipinski definition) is 3. The van der Waals surface area contributed by atoms with Crippen LogP contribution in [0.5, 0.6) is 5.75 Å². The van der Waals surface area contributed by atoms with Gasteiger partial charge in [-0.1, -0.05) is 5.16 Å². The summed E-state index contributed by atoms with van der Waals surface area (Å²) in [7, 11) is 0. The number of pyridine rings is 1. The van der Waals surface area contributed by atoms with Crippen molar-refractivity contribution in [2.24, 2.45) is 5.41 Å². The van der Waals surface area contributed by atoms with E-state index in [-0.39, 0.29) is 40.9 Å². The highest BCUT2D eigenvalue weighted by Gasteiger charge is 2.58. The van der Waals surface area contributed by atoms with Crippen LogP contribution in [0.2, 0.25) is 0 Å². The second-order valence-electron chi connectivity index (χ2n) is 11.3. The number of hydrogen-bond acceptors (Lipinski definition) is 9. The molecule has 1 aliphatic carbocycles. The van der Waals surface area contributed by atoms with E-state index in [1.807, 2.05) is 0 Å². The Morgan fingerprint density at radius 1 is 1.10 bits per heavy atom. The van der Waals surface area contributed by atoms with Crippen molar-refractivity contribution in [1.82, 2.24) is 20.6 Å². The van der Waals surface area contributed by atoms with E-state index >= 15 is 0 Å². The summed E-state index contributed by atoms with van der Waals surface area (Å²) in [6, 6.07) is 2.33. The third-order valence-corrected chi connectivity index (χ3v) is 8.86. The molecule has 5 heterocycles. The highest BCUT2D eigenvalue weighted by molar-refractivity contribution is 6.07. The maximum absolute atomic E-state index is 14.5. The number of fused-ring (bicyclic) bond motifs is 3. The summed E-state index contributed by atoms with van der Waals surface area (Å²) in [5.41, 5.74) is 0.381. The zero-order valence-electron chi connectivity index (χ0n) is 22.5. The molecule has 14 heteroatoms. The number of aryl methyl sites for hydroxylation is 1. The number of benzene rings is 1. The van der Waals surface area contributed by atoms with E-state index in [0.29, 0.717) is 50.3 Å². The molecular weight excluding hydrogens is 554 g/mol. The van der Waals surface area contributed by atoms with Gasteiger partial charge in [0, 0.05) is 36.2 Å². The Kier molecular flexibility index (Phi) is 6.01. The predicted molar refractivity (Wildman–Crippen MR) is 140 cm³/mol. The fourth-order valence-electron chi connectivity index (χ4n) is 6.41. The van der Waals surface area contributed by atoms with Gasteiger partial charge < -0.3 is 25.4 Å². The van der Waals surface area contributed by atoms with Crippen LogP contribution in [0, 0.1) is 24.0 Å². The summed E-state index contributed by atoms with van der Waals surface area (Å²) < 4.78 is 44.5. The third kappa shape index (κ3) is 4.11. The lowest BCUT2D eigenvalue weighted by Gasteiger charge is -2.38. The normalized spacial score (nSPS) is 21.6. The molecule has 0 radical (unpaired) electrons. The number of aromatic nitrogens is 3. The molecule has 12 nitrogen and oxygen atoms in total. The number of halogens is 2. The monoisotopic (exact) mass is 580 g/mol. The number of carbonyl (C=O) groups is 3. The number of amides is 3. The fraction of sp³-hybridized carbons (Fsp3) is 0.429. The van der Waals surface area contributed by atoms with Crippen LogP contribution in [-0.4, -0.2) is 58.9 Å². The SMILES string of the molecule is Cc1nonc1C(=O)NC(C(=O)Nc1cnc2c(c1)NC(=O)C21CCOCC1)C1c2cc(F)c(F)cc2OCC12CC2. The number of nitrogens with zero attached hydrogens (tertiary/aromatic N) is 3. The molecule has 2 aromatic heterocycles. The van der Waals surface area contributed by atoms with Crippen molar-refractivity contribution in [2.75, 3.05) is 30.5 Å². The van der Waals surface area contributed by atoms with Gasteiger partial charge in [0.1, 0.15) is 17.5 Å². The van der Waals surface area contributed by atoms with Crippen molar-refractivity contribution >= 4 is 29.1 Å². The van der Waals surface area contributed by atoms with Gasteiger partial charge in [0.25, 0.3) is 5.91 Å². The minimum atomic E-state index is -1.26. The number of rotatable bonds is 5. The van der Waals surface area contributed by atoms with E-state index in [9.17, 15) is 23.2 Å². The molecule has 3 amide bonds. The Hall–Kier alpha value is -4.46. The maximum atomic E-state index is 14.5. The quantitative estimate of drug-likeness (QED) is 0.413. The highest BCUT2D eigenvalue weighted by Crippen LogP contribution is 2.61. The van der Waals surface area contributed by atoms with Crippen molar-refractivity contribution in [1.29, 1.82) is 0 Å². The van der Waals surface area contributed by atoms with Gasteiger partial charge in [-0.05, 0) is 49.9 Å². The van der Waals surface area contributed by atoms with E-state index in [1.54, 1.807) is 6.07 Å². The second-order valence-corrected chi connectivity index (χ2v) is 11.3. The molecule has 3 aliphatic heterocycles. The smallest absolute Gasteiger partial charge is 0.276 e. The van der Waals surface area contributed by atoms with Gasteiger partial charge >= 0.3 is 0 Å². The summed E-state index contributed by atoms with van der Waals surface area (Å²) in [4.78, 5) is 44.8. The number of anilines is 2. The fourth-order valence-corrected chi connectivity index (χ4v) is 6.41. The lowest BCUT2D eigenvalue weighted by atomic mass is 9.75. The Balaban J connectivity index is 1.24. The first kappa shape index (κ1) is 26.4. The summed E-state index contributed by atoms with van der Waals surface area (Å²) in [5.74, 6) is -4.34. The molecule has 3 N–H and O–H groups in total. The first-order chi connectivity index (χ1) is 20.2. The van der Waals surface area contributed by atoms with Gasteiger partial charge in [-0.25, -0.2) is 13.4 Å². The summed E-state index contributed by atoms with van der Waals surface area (Å²) in [6.45, 7) is 2.57. The largest absolute Gasteiger partial charge is 0.493 e. The van der Waals surface area contributed by atoms with Crippen LogP contribution in [0.4, 0.5) is 20.2 Å². The molecule has 1 saturated carbocycles. The number of nitrogens with one attached hydrogen (secondary N) is 3. The van der Waals surface area contributed by atoms with Gasteiger partial charge in [-0.2, -0.15) is 0 Å². The number of ether oxygens (including phenoxy) is 2. The first-order valence-electron chi connectivity index (χ1n) is 13.6. The van der Waals surface area contributed by atoms with Crippen LogP contribution >= 0.6 is 0 Å². The van der Waals surface area contributed by atoms with Crippen molar-refractivity contribution < 1.29 is 37.3 Å². The molecule has 1 saturated heterocycles. The summed E-state index contributed by atoms with van der Waals surface area (Å²) >= 11 is 0. The predicted octanol–water partition coefficient (Wildman–Crippen LogP) is 2.75. The van der Waals surface area contributed by atoms with E-state index in [4.69, 9.17) is 9.47 Å². The van der Waals surface area contributed by atoms with Crippen molar-refractivity contribution in [3.8, 4) is 5.75 Å². The molecule has 42 heavy (non-hydrogen) atoms. The molecule has 7 rings (SSSR count). The van der Waals surface area contributed by atoms with Gasteiger partial charge in [-0.15, -0.1) is 0 Å². The summed E-state index contributed by atoms with van der Waals surface area (Å²) in [6.07, 6.45) is 3.75. The zero-order valence-corrected chi connectivity index (χ0v) is 22.5. The van der Waals surface area contributed by atoms with E-state index in [2.05, 4.69) is 35.9 Å². The molecule has 0 bridgehead atoms. The van der Waals surface area contributed by atoms with Gasteiger partial charge in [0.05, 0.1) is 35.3 Å². The van der Waals surface area contributed by atoms with Crippen LogP contribution < -0.4 is 20.7 Å². The van der Waals surface area contributed by atoms with Crippen LogP contribution in [0.25, 0.3) is 0 Å². The second kappa shape index (κ2) is 9.54. The Labute approximate surface area is 237 Å². The molecule has 2 fully saturated rings. The van der Waals surface area contributed by atoms with Crippen LogP contribution in [0.3, 0.4) is 0 Å². The molecule has 4 aliphatic rings. The zero-order chi connectivity index (χ0) is 29.2. The van der Waals surface area contributed by atoms with E-state index in [0.717, 1.165) is 12.1 Å². The molecule has 2 spiro atoms. The maximum Gasteiger partial charge on any atom is 0.276 e. The Bertz CT molecular complexity index is 1630. The van der Waals surface area contributed by atoms with Gasteiger partial charge in [0.15, 0.2) is 17.3 Å². The van der Waals surface area contributed by atoms with Gasteiger partial charge in [0.2, 0.25) is 11.8 Å². The average Bonchev–Trinajstić information content (AvgIpc) is 3.53. The van der Waals surface area contributed by atoms with E-state index < -0.39 is 46.2 Å². The third-order valence-electron chi connectivity index (χ3n) is 8.86.